The van der Waals surface area contributed by atoms with Crippen molar-refractivity contribution >= 4 is 5.97 Å². The zero-order valence-corrected chi connectivity index (χ0v) is 22.6. The molecule has 0 spiro atoms. The zero-order valence-electron chi connectivity index (χ0n) is 22.6. The number of carbonyl (C=O) groups is 1. The molecule has 2 aliphatic heterocycles. The van der Waals surface area contributed by atoms with Crippen molar-refractivity contribution in [2.24, 2.45) is 0 Å². The smallest absolute Gasteiger partial charge is 0.302 e. The summed E-state index contributed by atoms with van der Waals surface area (Å²) in [5, 5.41) is 61.2. The quantitative estimate of drug-likeness (QED) is 0.106. The van der Waals surface area contributed by atoms with Gasteiger partial charge in [0.15, 0.2) is 12.6 Å². The van der Waals surface area contributed by atoms with Crippen LogP contribution in [-0.4, -0.2) is 118 Å². The van der Waals surface area contributed by atoms with E-state index >= 15 is 0 Å². The van der Waals surface area contributed by atoms with Crippen molar-refractivity contribution in [1.82, 2.24) is 0 Å². The van der Waals surface area contributed by atoms with Gasteiger partial charge in [0.05, 0.1) is 6.61 Å². The maximum absolute atomic E-state index is 11.2. The summed E-state index contributed by atoms with van der Waals surface area (Å²) >= 11 is 0. The third-order valence-corrected chi connectivity index (χ3v) is 7.02. The Bertz CT molecular complexity index is 650. The van der Waals surface area contributed by atoms with Crippen LogP contribution in [0.15, 0.2) is 0 Å². The highest BCUT2D eigenvalue weighted by molar-refractivity contribution is 5.65. The van der Waals surface area contributed by atoms with E-state index in [1.807, 2.05) is 0 Å². The van der Waals surface area contributed by atoms with Crippen molar-refractivity contribution in [1.29, 1.82) is 0 Å². The molecule has 0 aromatic rings. The van der Waals surface area contributed by atoms with Crippen LogP contribution < -0.4 is 0 Å². The fourth-order valence-corrected chi connectivity index (χ4v) is 4.65. The fourth-order valence-electron chi connectivity index (χ4n) is 4.65. The van der Waals surface area contributed by atoms with Crippen molar-refractivity contribution in [2.45, 2.75) is 139 Å². The van der Waals surface area contributed by atoms with Crippen molar-refractivity contribution in [2.75, 3.05) is 19.8 Å². The van der Waals surface area contributed by atoms with Gasteiger partial charge in [-0.25, -0.2) is 0 Å². The monoisotopic (exact) mass is 552 g/mol. The van der Waals surface area contributed by atoms with Crippen molar-refractivity contribution in [3.63, 3.8) is 0 Å². The summed E-state index contributed by atoms with van der Waals surface area (Å²) < 4.78 is 27.6. The van der Waals surface area contributed by atoms with Crippen molar-refractivity contribution in [3.05, 3.63) is 0 Å². The predicted octanol–water partition coefficient (Wildman–Crippen LogP) is 0.119. The van der Waals surface area contributed by atoms with Gasteiger partial charge in [-0.3, -0.25) is 4.79 Å². The maximum Gasteiger partial charge on any atom is 0.302 e. The molecule has 2 fully saturated rings. The van der Waals surface area contributed by atoms with Gasteiger partial charge >= 0.3 is 5.97 Å². The molecule has 0 bridgehead atoms. The van der Waals surface area contributed by atoms with Gasteiger partial charge in [-0.2, -0.15) is 0 Å². The Hall–Kier alpha value is -0.930. The van der Waals surface area contributed by atoms with Gasteiger partial charge in [0, 0.05) is 13.5 Å². The molecule has 0 aliphatic carbocycles. The summed E-state index contributed by atoms with van der Waals surface area (Å²) in [6.45, 7) is 2.69. The lowest BCUT2D eigenvalue weighted by Crippen LogP contribution is -2.64. The van der Waals surface area contributed by atoms with E-state index in [4.69, 9.17) is 23.7 Å². The van der Waals surface area contributed by atoms with E-state index in [2.05, 4.69) is 6.92 Å². The Morgan fingerprint density at radius 3 is 1.84 bits per heavy atom. The second-order valence-corrected chi connectivity index (χ2v) is 10.2. The molecule has 0 aromatic carbocycles. The Balaban J connectivity index is 1.92. The van der Waals surface area contributed by atoms with Gasteiger partial charge in [-0.15, -0.1) is 0 Å². The largest absolute Gasteiger partial charge is 0.463 e. The first kappa shape index (κ1) is 33.3. The number of aliphatic hydroxyl groups is 6. The summed E-state index contributed by atoms with van der Waals surface area (Å²) in [4.78, 5) is 11.2. The normalized spacial score (nSPS) is 35.8. The predicted molar refractivity (Wildman–Crippen MR) is 134 cm³/mol. The second kappa shape index (κ2) is 17.7. The Kier molecular flexibility index (Phi) is 15.5. The van der Waals surface area contributed by atoms with Crippen molar-refractivity contribution in [3.8, 4) is 0 Å². The van der Waals surface area contributed by atoms with Gasteiger partial charge in [-0.05, 0) is 6.42 Å². The maximum atomic E-state index is 11.2. The molecule has 38 heavy (non-hydrogen) atoms. The first-order valence-electron chi connectivity index (χ1n) is 13.9. The van der Waals surface area contributed by atoms with Crippen molar-refractivity contribution < 1.29 is 59.1 Å². The molecular weight excluding hydrogens is 504 g/mol. The first-order valence-corrected chi connectivity index (χ1v) is 13.9. The average Bonchev–Trinajstić information content (AvgIpc) is 2.90. The van der Waals surface area contributed by atoms with E-state index in [0.717, 1.165) is 25.7 Å². The van der Waals surface area contributed by atoms with Crippen LogP contribution in [0.2, 0.25) is 0 Å². The van der Waals surface area contributed by atoms with Crippen LogP contribution in [0.1, 0.15) is 78.1 Å². The Morgan fingerprint density at radius 1 is 0.711 bits per heavy atom. The highest BCUT2D eigenvalue weighted by Gasteiger charge is 2.51. The van der Waals surface area contributed by atoms with Gasteiger partial charge < -0.3 is 54.3 Å². The molecule has 224 valence electrons. The SMILES string of the molecule is CCCCCCCCCCCCOC1OC(COC(C)=O)C(O)C(O)C1OC1OC(CO)C(O)C(O)C1O. The molecule has 0 radical (unpaired) electrons. The highest BCUT2D eigenvalue weighted by atomic mass is 16.8. The third kappa shape index (κ3) is 10.2. The number of hydrogen-bond donors (Lipinski definition) is 6. The second-order valence-electron chi connectivity index (χ2n) is 10.2. The number of esters is 1. The number of rotatable bonds is 17. The molecule has 12 nitrogen and oxygen atoms in total. The summed E-state index contributed by atoms with van der Waals surface area (Å²) in [5.41, 5.74) is 0. The molecular formula is C26H48O12. The molecule has 2 rings (SSSR count). The molecule has 0 saturated carbocycles. The van der Waals surface area contributed by atoms with Crippen LogP contribution in [0.3, 0.4) is 0 Å². The molecule has 0 aromatic heterocycles. The van der Waals surface area contributed by atoms with Crippen LogP contribution in [-0.2, 0) is 28.5 Å². The van der Waals surface area contributed by atoms with E-state index < -0.39 is 74.0 Å². The van der Waals surface area contributed by atoms with E-state index in [1.54, 1.807) is 0 Å². The standard InChI is InChI=1S/C26H48O12/c1-3-4-5-6-7-8-9-10-11-12-13-34-26-24(22(32)20(30)18(37-26)15-35-16(2)28)38-25-23(33)21(31)19(29)17(14-27)36-25/h17-27,29-33H,3-15H2,1-2H3. The van der Waals surface area contributed by atoms with E-state index in [-0.39, 0.29) is 13.2 Å². The lowest BCUT2D eigenvalue weighted by atomic mass is 9.97. The number of ether oxygens (including phenoxy) is 5. The Morgan fingerprint density at radius 2 is 1.26 bits per heavy atom. The molecule has 6 N–H and O–H groups in total. The van der Waals surface area contributed by atoms with Gasteiger partial charge in [0.1, 0.15) is 55.4 Å². The lowest BCUT2D eigenvalue weighted by Gasteiger charge is -2.46. The average molecular weight is 553 g/mol. The fraction of sp³-hybridized carbons (Fsp3) is 0.962. The summed E-state index contributed by atoms with van der Waals surface area (Å²) in [6.07, 6.45) is -3.15. The summed E-state index contributed by atoms with van der Waals surface area (Å²) in [5.74, 6) is -0.585. The third-order valence-electron chi connectivity index (χ3n) is 7.02. The van der Waals surface area contributed by atoms with Crippen LogP contribution in [0.4, 0.5) is 0 Å². The molecule has 10 atom stereocenters. The van der Waals surface area contributed by atoms with Crippen LogP contribution in [0.25, 0.3) is 0 Å². The summed E-state index contributed by atoms with van der Waals surface area (Å²) in [6, 6.07) is 0. The Labute approximate surface area is 224 Å². The molecule has 2 saturated heterocycles. The zero-order chi connectivity index (χ0) is 28.1. The van der Waals surface area contributed by atoms with E-state index in [0.29, 0.717) is 0 Å². The van der Waals surface area contributed by atoms with E-state index in [9.17, 15) is 35.4 Å². The number of aliphatic hydroxyl groups excluding tert-OH is 6. The molecule has 2 aliphatic rings. The molecule has 0 amide bonds. The van der Waals surface area contributed by atoms with E-state index in [1.165, 1.54) is 45.4 Å². The topological polar surface area (TPSA) is 185 Å². The lowest BCUT2D eigenvalue weighted by molar-refractivity contribution is -0.367. The summed E-state index contributed by atoms with van der Waals surface area (Å²) in [7, 11) is 0. The van der Waals surface area contributed by atoms with Gasteiger partial charge in [0.2, 0.25) is 0 Å². The molecule has 10 unspecified atom stereocenters. The first-order chi connectivity index (χ1) is 18.2. The van der Waals surface area contributed by atoms with Gasteiger partial charge in [0.25, 0.3) is 0 Å². The minimum absolute atomic E-state index is 0.263. The van der Waals surface area contributed by atoms with Crippen LogP contribution in [0, 0.1) is 0 Å². The number of carbonyl (C=O) groups excluding carboxylic acids is 1. The van der Waals surface area contributed by atoms with Crippen LogP contribution >= 0.6 is 0 Å². The molecule has 2 heterocycles. The highest BCUT2D eigenvalue weighted by Crippen LogP contribution is 2.30. The molecule has 12 heteroatoms. The number of unbranched alkanes of at least 4 members (excludes halogenated alkanes) is 9. The van der Waals surface area contributed by atoms with Gasteiger partial charge in [-0.1, -0.05) is 64.7 Å². The number of hydrogen-bond acceptors (Lipinski definition) is 12. The minimum atomic E-state index is -1.71. The van der Waals surface area contributed by atoms with Crippen LogP contribution in [0.5, 0.6) is 0 Å². The minimum Gasteiger partial charge on any atom is -0.463 e.